The van der Waals surface area contributed by atoms with Gasteiger partial charge in [-0.2, -0.15) is 0 Å². The zero-order valence-electron chi connectivity index (χ0n) is 23.0. The molecule has 0 aromatic heterocycles. The lowest BCUT2D eigenvalue weighted by molar-refractivity contribution is -0.159. The molecule has 0 bridgehead atoms. The maximum absolute atomic E-state index is 13.9. The molecule has 0 aliphatic carbocycles. The Morgan fingerprint density at radius 1 is 0.769 bits per heavy atom. The van der Waals surface area contributed by atoms with E-state index in [0.29, 0.717) is 32.7 Å². The highest BCUT2D eigenvalue weighted by Gasteiger charge is 2.26. The van der Waals surface area contributed by atoms with E-state index in [4.69, 9.17) is 15.2 Å². The summed E-state index contributed by atoms with van der Waals surface area (Å²) in [4.78, 5) is 15.7. The van der Waals surface area contributed by atoms with Crippen LogP contribution in [0.25, 0.3) is 10.8 Å². The molecule has 0 saturated heterocycles. The van der Waals surface area contributed by atoms with Gasteiger partial charge in [-0.25, -0.2) is 0 Å². The maximum atomic E-state index is 13.9. The molecule has 204 valence electrons. The van der Waals surface area contributed by atoms with Crippen LogP contribution in [0.1, 0.15) is 42.9 Å². The zero-order chi connectivity index (χ0) is 27.5. The third-order valence-electron chi connectivity index (χ3n) is 7.11. The largest absolute Gasteiger partial charge is 0.351 e. The second-order valence-corrected chi connectivity index (χ2v) is 9.74. The van der Waals surface area contributed by atoms with E-state index in [1.165, 1.54) is 11.1 Å². The molecule has 5 nitrogen and oxygen atoms in total. The van der Waals surface area contributed by atoms with Crippen molar-refractivity contribution in [1.29, 1.82) is 0 Å². The molecule has 2 N–H and O–H groups in total. The summed E-state index contributed by atoms with van der Waals surface area (Å²) >= 11 is 0. The quantitative estimate of drug-likeness (QED) is 0.201. The molecule has 1 atom stereocenters. The van der Waals surface area contributed by atoms with Crippen molar-refractivity contribution in [1.82, 2.24) is 4.90 Å². The normalized spacial score (nSPS) is 12.2. The van der Waals surface area contributed by atoms with Gasteiger partial charge >= 0.3 is 0 Å². The lowest BCUT2D eigenvalue weighted by atomic mass is 9.88. The lowest BCUT2D eigenvalue weighted by Gasteiger charge is -2.31. The number of benzene rings is 4. The fraction of sp³-hybridized carbons (Fsp3) is 0.324. The molecule has 0 aliphatic heterocycles. The van der Waals surface area contributed by atoms with Crippen molar-refractivity contribution in [2.24, 2.45) is 5.73 Å². The minimum atomic E-state index is -0.674. The summed E-state index contributed by atoms with van der Waals surface area (Å²) in [6.45, 7) is 5.75. The van der Waals surface area contributed by atoms with Gasteiger partial charge in [0.2, 0.25) is 5.91 Å². The number of nitrogens with two attached hydrogens (primary N) is 1. The van der Waals surface area contributed by atoms with Gasteiger partial charge < -0.3 is 20.1 Å². The van der Waals surface area contributed by atoms with Crippen molar-refractivity contribution in [3.05, 3.63) is 120 Å². The van der Waals surface area contributed by atoms with E-state index < -0.39 is 12.3 Å². The van der Waals surface area contributed by atoms with Crippen LogP contribution < -0.4 is 5.73 Å². The Morgan fingerprint density at radius 2 is 1.33 bits per heavy atom. The zero-order valence-corrected chi connectivity index (χ0v) is 23.0. The molecule has 0 saturated carbocycles. The van der Waals surface area contributed by atoms with Gasteiger partial charge in [0.1, 0.15) is 0 Å². The molecule has 4 aromatic rings. The number of ether oxygens (including phenoxy) is 2. The van der Waals surface area contributed by atoms with E-state index in [0.717, 1.165) is 22.8 Å². The van der Waals surface area contributed by atoms with Crippen LogP contribution >= 0.6 is 0 Å². The predicted octanol–water partition coefficient (Wildman–Crippen LogP) is 6.16. The molecule has 4 rings (SSSR count). The first-order valence-electron chi connectivity index (χ1n) is 13.9. The molecule has 39 heavy (non-hydrogen) atoms. The summed E-state index contributed by atoms with van der Waals surface area (Å²) < 4.78 is 11.7. The number of carbonyl (C=O) groups is 1. The fourth-order valence-corrected chi connectivity index (χ4v) is 5.21. The molecule has 5 heteroatoms. The van der Waals surface area contributed by atoms with Crippen LogP contribution in [0.4, 0.5) is 0 Å². The molecule has 0 aliphatic rings. The number of amides is 1. The molecule has 0 heterocycles. The summed E-state index contributed by atoms with van der Waals surface area (Å²) in [5, 5.41) is 2.28. The Morgan fingerprint density at radius 3 is 1.95 bits per heavy atom. The van der Waals surface area contributed by atoms with Crippen molar-refractivity contribution >= 4 is 16.7 Å². The number of fused-ring (bicyclic) bond motifs is 1. The third-order valence-corrected chi connectivity index (χ3v) is 7.11. The van der Waals surface area contributed by atoms with Crippen LogP contribution in [0.3, 0.4) is 0 Å². The number of nitrogens with zero attached hydrogens (tertiary/aromatic N) is 1. The van der Waals surface area contributed by atoms with Gasteiger partial charge in [0.25, 0.3) is 0 Å². The lowest BCUT2D eigenvalue weighted by Crippen LogP contribution is -2.49. The third kappa shape index (κ3) is 7.76. The highest BCUT2D eigenvalue weighted by atomic mass is 16.7. The number of hydrogen-bond donors (Lipinski definition) is 1. The summed E-state index contributed by atoms with van der Waals surface area (Å²) in [7, 11) is 0. The molecular formula is C34H40N2O3. The number of rotatable bonds is 14. The second kappa shape index (κ2) is 14.6. The van der Waals surface area contributed by atoms with Crippen LogP contribution in [0.15, 0.2) is 103 Å². The molecule has 1 amide bonds. The van der Waals surface area contributed by atoms with Gasteiger partial charge in [-0.15, -0.1) is 0 Å². The number of carbonyl (C=O) groups excluding carboxylic acids is 1. The Labute approximate surface area is 232 Å². The molecular weight excluding hydrogens is 484 g/mol. The average Bonchev–Trinajstić information content (AvgIpc) is 2.98. The topological polar surface area (TPSA) is 64.8 Å². The first kappa shape index (κ1) is 28.5. The Hall–Kier alpha value is -3.51. The second-order valence-electron chi connectivity index (χ2n) is 9.74. The van der Waals surface area contributed by atoms with Gasteiger partial charge in [-0.05, 0) is 54.2 Å². The summed E-state index contributed by atoms with van der Waals surface area (Å²) in [6.07, 6.45) is 0.720. The Kier molecular flexibility index (Phi) is 10.7. The van der Waals surface area contributed by atoms with Crippen LogP contribution in [0.2, 0.25) is 0 Å². The molecule has 4 aromatic carbocycles. The standard InChI is InChI=1S/C34H40N2O3/c1-3-38-33(39-4-2)25-36(23-22-31(26-14-7-5-8-15-26)27-16-9-6-10-17-27)34(37)32(35)24-29-20-13-19-28-18-11-12-21-30(28)29/h5-21,31-33H,3-4,22-25,35H2,1-2H3. The Bertz CT molecular complexity index is 1240. The van der Waals surface area contributed by atoms with E-state index in [2.05, 4.69) is 72.8 Å². The first-order valence-corrected chi connectivity index (χ1v) is 13.9. The monoisotopic (exact) mass is 524 g/mol. The van der Waals surface area contributed by atoms with Crippen LogP contribution in [0, 0.1) is 0 Å². The SMILES string of the molecule is CCOC(CN(CCC(c1ccccc1)c1ccccc1)C(=O)C(N)Cc1cccc2ccccc12)OCC. The van der Waals surface area contributed by atoms with Crippen molar-refractivity contribution in [3.8, 4) is 0 Å². The van der Waals surface area contributed by atoms with Crippen molar-refractivity contribution in [2.75, 3.05) is 26.3 Å². The van der Waals surface area contributed by atoms with Gasteiger partial charge in [0.05, 0.1) is 12.6 Å². The highest BCUT2D eigenvalue weighted by molar-refractivity contribution is 5.87. The van der Waals surface area contributed by atoms with Gasteiger partial charge in [-0.3, -0.25) is 4.79 Å². The van der Waals surface area contributed by atoms with E-state index >= 15 is 0 Å². The van der Waals surface area contributed by atoms with E-state index in [9.17, 15) is 4.79 Å². The van der Waals surface area contributed by atoms with Crippen molar-refractivity contribution in [3.63, 3.8) is 0 Å². The van der Waals surface area contributed by atoms with Crippen LogP contribution in [-0.4, -0.2) is 49.4 Å². The molecule has 0 spiro atoms. The van der Waals surface area contributed by atoms with Gasteiger partial charge in [-0.1, -0.05) is 103 Å². The first-order chi connectivity index (χ1) is 19.1. The highest BCUT2D eigenvalue weighted by Crippen LogP contribution is 2.28. The summed E-state index contributed by atoms with van der Waals surface area (Å²) in [6, 6.07) is 34.6. The fourth-order valence-electron chi connectivity index (χ4n) is 5.21. The van der Waals surface area contributed by atoms with E-state index in [1.54, 1.807) is 0 Å². The minimum Gasteiger partial charge on any atom is -0.351 e. The number of hydrogen-bond acceptors (Lipinski definition) is 4. The van der Waals surface area contributed by atoms with Crippen LogP contribution in [0.5, 0.6) is 0 Å². The van der Waals surface area contributed by atoms with Gasteiger partial charge in [0.15, 0.2) is 6.29 Å². The maximum Gasteiger partial charge on any atom is 0.240 e. The minimum absolute atomic E-state index is 0.0905. The van der Waals surface area contributed by atoms with Crippen molar-refractivity contribution < 1.29 is 14.3 Å². The van der Waals surface area contributed by atoms with Crippen molar-refractivity contribution in [2.45, 2.75) is 44.9 Å². The van der Waals surface area contributed by atoms with E-state index in [-0.39, 0.29) is 11.8 Å². The smallest absolute Gasteiger partial charge is 0.240 e. The van der Waals surface area contributed by atoms with E-state index in [1.807, 2.05) is 49.1 Å². The average molecular weight is 525 g/mol. The molecule has 1 unspecified atom stereocenters. The van der Waals surface area contributed by atoms with Crippen LogP contribution in [-0.2, 0) is 20.7 Å². The molecule has 0 radical (unpaired) electrons. The summed E-state index contributed by atoms with van der Waals surface area (Å²) in [5.74, 6) is 0.0573. The van der Waals surface area contributed by atoms with Gasteiger partial charge in [0, 0.05) is 25.7 Å². The molecule has 0 fully saturated rings. The Balaban J connectivity index is 1.57. The predicted molar refractivity (Wildman–Crippen MR) is 159 cm³/mol. The summed E-state index contributed by atoms with van der Waals surface area (Å²) in [5.41, 5.74) is 10.1.